The van der Waals surface area contributed by atoms with E-state index in [1.807, 2.05) is 31.2 Å². The first-order valence-electron chi connectivity index (χ1n) is 6.41. The molecular formula is C13H15BrCl3N3OS. The van der Waals surface area contributed by atoms with Gasteiger partial charge >= 0.3 is 0 Å². The van der Waals surface area contributed by atoms with Crippen molar-refractivity contribution in [2.24, 2.45) is 0 Å². The van der Waals surface area contributed by atoms with Crippen LogP contribution in [0.1, 0.15) is 19.8 Å². The first-order chi connectivity index (χ1) is 10.2. The van der Waals surface area contributed by atoms with Gasteiger partial charge in [0.15, 0.2) is 5.11 Å². The summed E-state index contributed by atoms with van der Waals surface area (Å²) in [4.78, 5) is 11.7. The topological polar surface area (TPSA) is 53.2 Å². The van der Waals surface area contributed by atoms with Crippen LogP contribution in [-0.4, -0.2) is 21.0 Å². The van der Waals surface area contributed by atoms with Crippen LogP contribution in [0.2, 0.25) is 0 Å². The molecule has 3 N–H and O–H groups in total. The van der Waals surface area contributed by atoms with Gasteiger partial charge < -0.3 is 16.0 Å². The minimum Gasteiger partial charge on any atom is -0.339 e. The molecule has 0 aliphatic heterocycles. The Bertz CT molecular complexity index is 522. The number of anilines is 1. The molecule has 0 heterocycles. The summed E-state index contributed by atoms with van der Waals surface area (Å²) >= 11 is 26.1. The predicted molar refractivity (Wildman–Crippen MR) is 101 cm³/mol. The molecule has 0 aliphatic rings. The van der Waals surface area contributed by atoms with E-state index in [-0.39, 0.29) is 11.0 Å². The molecule has 1 atom stereocenters. The van der Waals surface area contributed by atoms with Crippen molar-refractivity contribution in [1.82, 2.24) is 10.6 Å². The van der Waals surface area contributed by atoms with E-state index in [4.69, 9.17) is 47.0 Å². The molecule has 0 bridgehead atoms. The zero-order valence-corrected chi connectivity index (χ0v) is 16.3. The lowest BCUT2D eigenvalue weighted by Gasteiger charge is -2.27. The largest absolute Gasteiger partial charge is 0.339 e. The molecular weight excluding hydrogens is 432 g/mol. The monoisotopic (exact) mass is 445 g/mol. The fraction of sp³-hybridized carbons (Fsp3) is 0.385. The van der Waals surface area contributed by atoms with Crippen molar-refractivity contribution in [2.45, 2.75) is 29.7 Å². The van der Waals surface area contributed by atoms with Gasteiger partial charge in [-0.1, -0.05) is 57.7 Å². The zero-order chi connectivity index (χ0) is 16.8. The lowest BCUT2D eigenvalue weighted by atomic mass is 10.3. The standard InChI is InChI=1S/C13H15BrCl3N3OS/c1-2-3-10(21)19-11(13(15,16)17)20-12(22)18-9-6-4-8(14)5-7-9/h4-7,11H,2-3H2,1H3,(H,19,21)(H2,18,20,22)/t11-/m0/s1. The minimum absolute atomic E-state index is 0.224. The summed E-state index contributed by atoms with van der Waals surface area (Å²) in [5.41, 5.74) is 0.767. The zero-order valence-electron chi connectivity index (χ0n) is 11.6. The molecule has 1 aromatic carbocycles. The first kappa shape index (κ1) is 19.8. The van der Waals surface area contributed by atoms with Crippen LogP contribution in [0.25, 0.3) is 0 Å². The van der Waals surface area contributed by atoms with Gasteiger partial charge in [0.25, 0.3) is 0 Å². The van der Waals surface area contributed by atoms with E-state index in [9.17, 15) is 4.79 Å². The van der Waals surface area contributed by atoms with Gasteiger partial charge in [0, 0.05) is 16.6 Å². The molecule has 9 heteroatoms. The molecule has 1 amide bonds. The Morgan fingerprint density at radius 1 is 1.27 bits per heavy atom. The molecule has 0 spiro atoms. The van der Waals surface area contributed by atoms with Gasteiger partial charge in [0.05, 0.1) is 0 Å². The average molecular weight is 448 g/mol. The second-order valence-electron chi connectivity index (χ2n) is 4.40. The van der Waals surface area contributed by atoms with Crippen LogP contribution in [0.4, 0.5) is 5.69 Å². The number of nitrogens with one attached hydrogen (secondary N) is 3. The highest BCUT2D eigenvalue weighted by atomic mass is 79.9. The third kappa shape index (κ3) is 7.33. The molecule has 4 nitrogen and oxygen atoms in total. The third-order valence-electron chi connectivity index (χ3n) is 2.49. The Labute approximate surface area is 158 Å². The Balaban J connectivity index is 2.66. The summed E-state index contributed by atoms with van der Waals surface area (Å²) in [5.74, 6) is -0.224. The van der Waals surface area contributed by atoms with Crippen molar-refractivity contribution in [2.75, 3.05) is 5.32 Å². The van der Waals surface area contributed by atoms with Crippen LogP contribution in [0.5, 0.6) is 0 Å². The van der Waals surface area contributed by atoms with Gasteiger partial charge in [-0.15, -0.1) is 0 Å². The number of hydrogen-bond acceptors (Lipinski definition) is 2. The van der Waals surface area contributed by atoms with Gasteiger partial charge in [-0.2, -0.15) is 0 Å². The SMILES string of the molecule is CCCC(=O)N[C@@H](NC(=S)Nc1ccc(Br)cc1)C(Cl)(Cl)Cl. The fourth-order valence-electron chi connectivity index (χ4n) is 1.49. The highest BCUT2D eigenvalue weighted by Crippen LogP contribution is 2.29. The van der Waals surface area contributed by atoms with Crippen molar-refractivity contribution < 1.29 is 4.79 Å². The number of hydrogen-bond donors (Lipinski definition) is 3. The molecule has 0 aliphatic carbocycles. The summed E-state index contributed by atoms with van der Waals surface area (Å²) in [6.07, 6.45) is 0.0956. The Morgan fingerprint density at radius 3 is 2.36 bits per heavy atom. The van der Waals surface area contributed by atoms with E-state index in [0.717, 1.165) is 10.2 Å². The molecule has 0 radical (unpaired) electrons. The van der Waals surface area contributed by atoms with E-state index in [1.165, 1.54) is 0 Å². The van der Waals surface area contributed by atoms with Gasteiger partial charge in [0.1, 0.15) is 6.17 Å². The molecule has 0 saturated carbocycles. The summed E-state index contributed by atoms with van der Waals surface area (Å²) in [7, 11) is 0. The Morgan fingerprint density at radius 2 is 1.86 bits per heavy atom. The number of rotatable bonds is 5. The number of halogens is 4. The van der Waals surface area contributed by atoms with Gasteiger partial charge in [-0.3, -0.25) is 4.79 Å². The molecule has 0 fully saturated rings. The average Bonchev–Trinajstić information content (AvgIpc) is 2.40. The number of thiocarbonyl (C=S) groups is 1. The van der Waals surface area contributed by atoms with Gasteiger partial charge in [-0.25, -0.2) is 0 Å². The first-order valence-corrected chi connectivity index (χ1v) is 8.75. The molecule has 22 heavy (non-hydrogen) atoms. The van der Waals surface area contributed by atoms with Crippen LogP contribution < -0.4 is 16.0 Å². The normalized spacial score (nSPS) is 12.4. The molecule has 0 unspecified atom stereocenters. The summed E-state index contributed by atoms with van der Waals surface area (Å²) < 4.78 is -0.794. The van der Waals surface area contributed by atoms with E-state index < -0.39 is 9.96 Å². The number of carbonyl (C=O) groups is 1. The second-order valence-corrected chi connectivity index (χ2v) is 8.09. The maximum Gasteiger partial charge on any atom is 0.228 e. The van der Waals surface area contributed by atoms with E-state index in [1.54, 1.807) is 0 Å². The minimum atomic E-state index is -1.74. The van der Waals surface area contributed by atoms with Crippen molar-refractivity contribution in [3.05, 3.63) is 28.7 Å². The Hall–Kier alpha value is -0.270. The molecule has 0 saturated heterocycles. The summed E-state index contributed by atoms with van der Waals surface area (Å²) in [6.45, 7) is 1.89. The van der Waals surface area contributed by atoms with Gasteiger partial charge in [-0.05, 0) is 42.9 Å². The lowest BCUT2D eigenvalue weighted by Crippen LogP contribution is -2.56. The molecule has 122 valence electrons. The third-order valence-corrected chi connectivity index (χ3v) is 3.89. The van der Waals surface area contributed by atoms with Crippen molar-refractivity contribution in [1.29, 1.82) is 0 Å². The maximum absolute atomic E-state index is 11.7. The Kier molecular flexibility index (Phi) is 8.21. The van der Waals surface area contributed by atoms with E-state index in [0.29, 0.717) is 12.8 Å². The lowest BCUT2D eigenvalue weighted by molar-refractivity contribution is -0.121. The number of amides is 1. The fourth-order valence-corrected chi connectivity index (χ4v) is 2.32. The van der Waals surface area contributed by atoms with Crippen molar-refractivity contribution in [3.8, 4) is 0 Å². The predicted octanol–water partition coefficient (Wildman–Crippen LogP) is 4.35. The maximum atomic E-state index is 11.7. The van der Waals surface area contributed by atoms with Crippen molar-refractivity contribution in [3.63, 3.8) is 0 Å². The summed E-state index contributed by atoms with van der Waals surface area (Å²) in [6, 6.07) is 7.39. The quantitative estimate of drug-likeness (QED) is 0.357. The van der Waals surface area contributed by atoms with Crippen molar-refractivity contribution >= 4 is 79.7 Å². The number of benzene rings is 1. The van der Waals surface area contributed by atoms with Crippen LogP contribution >= 0.6 is 63.0 Å². The van der Waals surface area contributed by atoms with E-state index in [2.05, 4.69) is 31.9 Å². The highest BCUT2D eigenvalue weighted by Gasteiger charge is 2.34. The number of alkyl halides is 3. The van der Waals surface area contributed by atoms with E-state index >= 15 is 0 Å². The van der Waals surface area contributed by atoms with Crippen LogP contribution in [-0.2, 0) is 4.79 Å². The second kappa shape index (κ2) is 9.13. The smallest absolute Gasteiger partial charge is 0.228 e. The molecule has 1 rings (SSSR count). The number of carbonyl (C=O) groups excluding carboxylic acids is 1. The molecule has 0 aromatic heterocycles. The van der Waals surface area contributed by atoms with Crippen LogP contribution in [0.3, 0.4) is 0 Å². The van der Waals surface area contributed by atoms with Gasteiger partial charge in [0.2, 0.25) is 9.70 Å². The molecule has 1 aromatic rings. The summed E-state index contributed by atoms with van der Waals surface area (Å²) in [5, 5.41) is 8.57. The van der Waals surface area contributed by atoms with Crippen LogP contribution in [0.15, 0.2) is 28.7 Å². The highest BCUT2D eigenvalue weighted by molar-refractivity contribution is 9.10. The van der Waals surface area contributed by atoms with Crippen LogP contribution in [0, 0.1) is 0 Å².